The first-order valence-corrected chi connectivity index (χ1v) is 8.08. The fraction of sp³-hybridized carbons (Fsp3) is 0.300. The van der Waals surface area contributed by atoms with Gasteiger partial charge in [-0.2, -0.15) is 0 Å². The van der Waals surface area contributed by atoms with E-state index in [1.54, 1.807) is 0 Å². The van der Waals surface area contributed by atoms with Crippen LogP contribution in [-0.2, 0) is 25.5 Å². The number of anilines is 1. The molecule has 0 spiro atoms. The Morgan fingerprint density at radius 2 is 1.52 bits per heavy atom. The van der Waals surface area contributed by atoms with E-state index in [1.165, 1.54) is 14.2 Å². The van der Waals surface area contributed by atoms with Gasteiger partial charge in [0.05, 0.1) is 20.3 Å². The number of nitrogens with zero attached hydrogens (tertiary/aromatic N) is 1. The van der Waals surface area contributed by atoms with E-state index in [0.29, 0.717) is 0 Å². The predicted octanol–water partition coefficient (Wildman–Crippen LogP) is 2.75. The number of rotatable bonds is 3. The maximum absolute atomic E-state index is 12.9. The molecule has 0 N–H and O–H groups in total. The Hall–Kier alpha value is -2.82. The average molecular weight is 339 g/mol. The number of carbonyl (C=O) groups excluding carboxylic acids is 2. The fourth-order valence-corrected chi connectivity index (χ4v) is 3.83. The van der Waals surface area contributed by atoms with Gasteiger partial charge in [0.25, 0.3) is 0 Å². The summed E-state index contributed by atoms with van der Waals surface area (Å²) in [7, 11) is 4.49. The molecular weight excluding hydrogens is 318 g/mol. The van der Waals surface area contributed by atoms with Gasteiger partial charge < -0.3 is 14.4 Å². The normalized spacial score (nSPS) is 18.2. The van der Waals surface area contributed by atoms with Crippen LogP contribution in [0.5, 0.6) is 0 Å². The maximum atomic E-state index is 12.9. The second-order valence-corrected chi connectivity index (χ2v) is 6.18. The van der Waals surface area contributed by atoms with Crippen molar-refractivity contribution < 1.29 is 19.1 Å². The van der Waals surface area contributed by atoms with E-state index in [9.17, 15) is 9.59 Å². The van der Waals surface area contributed by atoms with Gasteiger partial charge in [-0.1, -0.05) is 48.5 Å². The van der Waals surface area contributed by atoms with Crippen molar-refractivity contribution in [2.75, 3.05) is 26.2 Å². The lowest BCUT2D eigenvalue weighted by Gasteiger charge is -2.46. The van der Waals surface area contributed by atoms with Gasteiger partial charge in [0, 0.05) is 19.2 Å². The van der Waals surface area contributed by atoms with Crippen molar-refractivity contribution in [3.63, 3.8) is 0 Å². The summed E-state index contributed by atoms with van der Waals surface area (Å²) in [4.78, 5) is 27.7. The molecule has 1 heterocycles. The molecule has 2 aromatic carbocycles. The monoisotopic (exact) mass is 339 g/mol. The SMILES string of the molecule is COC(=O)C1(C(=O)OC)Cc2ccccc2N(C)[C@H]1c1ccccc1. The highest BCUT2D eigenvalue weighted by atomic mass is 16.5. The van der Waals surface area contributed by atoms with E-state index in [2.05, 4.69) is 0 Å². The van der Waals surface area contributed by atoms with E-state index >= 15 is 0 Å². The van der Waals surface area contributed by atoms with Crippen molar-refractivity contribution in [1.29, 1.82) is 0 Å². The van der Waals surface area contributed by atoms with E-state index < -0.39 is 23.4 Å². The third-order valence-corrected chi connectivity index (χ3v) is 4.91. The summed E-state index contributed by atoms with van der Waals surface area (Å²) in [6.07, 6.45) is 0.229. The number of carbonyl (C=O) groups is 2. The zero-order chi connectivity index (χ0) is 18.0. The summed E-state index contributed by atoms with van der Waals surface area (Å²) in [6, 6.07) is 16.7. The number of para-hydroxylation sites is 1. The zero-order valence-corrected chi connectivity index (χ0v) is 14.6. The predicted molar refractivity (Wildman–Crippen MR) is 94.2 cm³/mol. The summed E-state index contributed by atoms with van der Waals surface area (Å²) in [6.45, 7) is 0. The molecule has 1 aliphatic heterocycles. The van der Waals surface area contributed by atoms with E-state index in [0.717, 1.165) is 16.8 Å². The van der Waals surface area contributed by atoms with Crippen molar-refractivity contribution in [2.24, 2.45) is 5.41 Å². The lowest BCUT2D eigenvalue weighted by Crippen LogP contribution is -2.55. The number of hydrogen-bond donors (Lipinski definition) is 0. The molecule has 5 nitrogen and oxygen atoms in total. The van der Waals surface area contributed by atoms with Crippen LogP contribution in [0.1, 0.15) is 17.2 Å². The number of esters is 2. The van der Waals surface area contributed by atoms with E-state index in [4.69, 9.17) is 9.47 Å². The van der Waals surface area contributed by atoms with Gasteiger partial charge in [0.2, 0.25) is 0 Å². The standard InChI is InChI=1S/C20H21NO4/c1-21-16-12-8-7-11-15(16)13-20(18(22)24-2,19(23)25-3)17(21)14-9-5-4-6-10-14/h4-12,17H,13H2,1-3H3/t17-/m0/s1. The largest absolute Gasteiger partial charge is 0.468 e. The van der Waals surface area contributed by atoms with Crippen molar-refractivity contribution in [2.45, 2.75) is 12.5 Å². The highest BCUT2D eigenvalue weighted by Gasteiger charge is 2.59. The summed E-state index contributed by atoms with van der Waals surface area (Å²) in [5.74, 6) is -1.18. The minimum atomic E-state index is -1.46. The Kier molecular flexibility index (Phi) is 4.49. The number of fused-ring (bicyclic) bond motifs is 1. The molecule has 1 atom stereocenters. The molecule has 0 fully saturated rings. The minimum absolute atomic E-state index is 0.229. The van der Waals surface area contributed by atoms with E-state index in [-0.39, 0.29) is 6.42 Å². The van der Waals surface area contributed by atoms with Crippen molar-refractivity contribution in [1.82, 2.24) is 0 Å². The lowest BCUT2D eigenvalue weighted by atomic mass is 9.69. The first kappa shape index (κ1) is 17.0. The topological polar surface area (TPSA) is 55.8 Å². The fourth-order valence-electron chi connectivity index (χ4n) is 3.83. The minimum Gasteiger partial charge on any atom is -0.468 e. The highest BCUT2D eigenvalue weighted by molar-refractivity contribution is 6.03. The molecule has 5 heteroatoms. The van der Waals surface area contributed by atoms with Crippen LogP contribution in [0.2, 0.25) is 0 Å². The number of benzene rings is 2. The van der Waals surface area contributed by atoms with Crippen LogP contribution in [-0.4, -0.2) is 33.2 Å². The second kappa shape index (κ2) is 6.59. The van der Waals surface area contributed by atoms with Crippen LogP contribution in [0, 0.1) is 5.41 Å². The first-order chi connectivity index (χ1) is 12.1. The smallest absolute Gasteiger partial charge is 0.326 e. The van der Waals surface area contributed by atoms with Crippen LogP contribution in [0.3, 0.4) is 0 Å². The number of ether oxygens (including phenoxy) is 2. The summed E-state index contributed by atoms with van der Waals surface area (Å²) < 4.78 is 10.1. The summed E-state index contributed by atoms with van der Waals surface area (Å²) in [5, 5.41) is 0. The van der Waals surface area contributed by atoms with Crippen LogP contribution in [0.4, 0.5) is 5.69 Å². The molecule has 0 saturated carbocycles. The third kappa shape index (κ3) is 2.56. The van der Waals surface area contributed by atoms with Crippen LogP contribution < -0.4 is 4.90 Å². The zero-order valence-electron chi connectivity index (χ0n) is 14.6. The molecule has 130 valence electrons. The molecule has 0 radical (unpaired) electrons. The first-order valence-electron chi connectivity index (χ1n) is 8.08. The maximum Gasteiger partial charge on any atom is 0.326 e. The quantitative estimate of drug-likeness (QED) is 0.636. The summed E-state index contributed by atoms with van der Waals surface area (Å²) in [5.41, 5.74) is 1.29. The number of methoxy groups -OCH3 is 2. The van der Waals surface area contributed by atoms with Crippen molar-refractivity contribution in [3.05, 3.63) is 65.7 Å². The van der Waals surface area contributed by atoms with Crippen LogP contribution >= 0.6 is 0 Å². The van der Waals surface area contributed by atoms with Gasteiger partial charge in [-0.3, -0.25) is 9.59 Å². The highest BCUT2D eigenvalue weighted by Crippen LogP contribution is 2.50. The van der Waals surface area contributed by atoms with Gasteiger partial charge in [-0.15, -0.1) is 0 Å². The molecule has 2 aromatic rings. The molecule has 0 saturated heterocycles. The molecule has 0 aliphatic carbocycles. The Morgan fingerprint density at radius 1 is 0.960 bits per heavy atom. The molecule has 0 unspecified atom stereocenters. The molecule has 0 bridgehead atoms. The molecule has 0 amide bonds. The van der Waals surface area contributed by atoms with Gasteiger partial charge in [0.1, 0.15) is 0 Å². The third-order valence-electron chi connectivity index (χ3n) is 4.91. The number of hydrogen-bond acceptors (Lipinski definition) is 5. The molecule has 25 heavy (non-hydrogen) atoms. The second-order valence-electron chi connectivity index (χ2n) is 6.18. The van der Waals surface area contributed by atoms with Crippen LogP contribution in [0.25, 0.3) is 0 Å². The Balaban J connectivity index is 2.28. The van der Waals surface area contributed by atoms with Gasteiger partial charge in [-0.25, -0.2) is 0 Å². The van der Waals surface area contributed by atoms with Gasteiger partial charge in [-0.05, 0) is 17.2 Å². The Morgan fingerprint density at radius 3 is 2.12 bits per heavy atom. The van der Waals surface area contributed by atoms with Gasteiger partial charge >= 0.3 is 11.9 Å². The van der Waals surface area contributed by atoms with Crippen LogP contribution in [0.15, 0.2) is 54.6 Å². The molecule has 0 aromatic heterocycles. The molecule has 1 aliphatic rings. The van der Waals surface area contributed by atoms with Crippen molar-refractivity contribution in [3.8, 4) is 0 Å². The molecule has 3 rings (SSSR count). The van der Waals surface area contributed by atoms with Gasteiger partial charge in [0.15, 0.2) is 5.41 Å². The van der Waals surface area contributed by atoms with Crippen molar-refractivity contribution >= 4 is 17.6 Å². The molecular formula is C20H21NO4. The average Bonchev–Trinajstić information content (AvgIpc) is 2.67. The Labute approximate surface area is 147 Å². The van der Waals surface area contributed by atoms with E-state index in [1.807, 2.05) is 66.5 Å². The summed E-state index contributed by atoms with van der Waals surface area (Å²) >= 11 is 0. The lowest BCUT2D eigenvalue weighted by molar-refractivity contribution is -0.171. The Bertz CT molecular complexity index is 771.